The molecule has 0 aliphatic carbocycles. The fraction of sp³-hybridized carbons (Fsp3) is 0.375. The van der Waals surface area contributed by atoms with Gasteiger partial charge in [-0.25, -0.2) is 0 Å². The highest BCUT2D eigenvalue weighted by atomic mass is 79.9. The SMILES string of the molecule is CC(N)CC(=O)c1occc1Br. The molecular weight excluding hydrogens is 222 g/mol. The fourth-order valence-corrected chi connectivity index (χ4v) is 1.30. The van der Waals surface area contributed by atoms with Crippen molar-refractivity contribution in [2.75, 3.05) is 0 Å². The zero-order chi connectivity index (χ0) is 9.14. The summed E-state index contributed by atoms with van der Waals surface area (Å²) in [6, 6.07) is 1.56. The van der Waals surface area contributed by atoms with Gasteiger partial charge in [-0.15, -0.1) is 0 Å². The van der Waals surface area contributed by atoms with Gasteiger partial charge in [0.25, 0.3) is 0 Å². The molecule has 0 aliphatic heterocycles. The maximum absolute atomic E-state index is 11.3. The minimum absolute atomic E-state index is 0.0677. The van der Waals surface area contributed by atoms with E-state index in [1.807, 2.05) is 0 Å². The van der Waals surface area contributed by atoms with E-state index in [-0.39, 0.29) is 11.8 Å². The highest BCUT2D eigenvalue weighted by molar-refractivity contribution is 9.10. The van der Waals surface area contributed by atoms with Crippen molar-refractivity contribution >= 4 is 21.7 Å². The standard InChI is InChI=1S/C8H10BrNO2/c1-5(10)4-7(11)8-6(9)2-3-12-8/h2-3,5H,4,10H2,1H3. The summed E-state index contributed by atoms with van der Waals surface area (Å²) in [5.74, 6) is 0.286. The molecule has 1 heterocycles. The highest BCUT2D eigenvalue weighted by Gasteiger charge is 2.14. The molecule has 0 aliphatic rings. The van der Waals surface area contributed by atoms with Crippen molar-refractivity contribution in [2.24, 2.45) is 5.73 Å². The Labute approximate surface area is 79.1 Å². The number of hydrogen-bond donors (Lipinski definition) is 1. The molecule has 66 valence electrons. The van der Waals surface area contributed by atoms with Crippen LogP contribution in [-0.2, 0) is 0 Å². The lowest BCUT2D eigenvalue weighted by Crippen LogP contribution is -2.19. The third-order valence-corrected chi connectivity index (χ3v) is 2.00. The molecule has 0 saturated carbocycles. The van der Waals surface area contributed by atoms with E-state index in [1.165, 1.54) is 6.26 Å². The quantitative estimate of drug-likeness (QED) is 0.810. The van der Waals surface area contributed by atoms with Crippen LogP contribution in [-0.4, -0.2) is 11.8 Å². The van der Waals surface area contributed by atoms with Crippen molar-refractivity contribution in [1.29, 1.82) is 0 Å². The maximum Gasteiger partial charge on any atom is 0.200 e. The van der Waals surface area contributed by atoms with Crippen molar-refractivity contribution in [3.63, 3.8) is 0 Å². The van der Waals surface area contributed by atoms with Crippen LogP contribution in [0.3, 0.4) is 0 Å². The molecule has 0 fully saturated rings. The van der Waals surface area contributed by atoms with E-state index in [2.05, 4.69) is 15.9 Å². The Balaban J connectivity index is 2.72. The second kappa shape index (κ2) is 3.87. The summed E-state index contributed by atoms with van der Waals surface area (Å²) < 4.78 is 5.66. The number of furan rings is 1. The first-order valence-corrected chi connectivity index (χ1v) is 4.42. The third kappa shape index (κ3) is 2.19. The number of carbonyl (C=O) groups is 1. The number of rotatable bonds is 3. The Kier molecular flexibility index (Phi) is 3.05. The second-order valence-electron chi connectivity index (χ2n) is 2.70. The summed E-state index contributed by atoms with van der Waals surface area (Å²) in [4.78, 5) is 11.3. The van der Waals surface area contributed by atoms with Crippen LogP contribution >= 0.6 is 15.9 Å². The molecule has 1 rings (SSSR count). The molecule has 1 aromatic heterocycles. The molecule has 0 amide bonds. The van der Waals surface area contributed by atoms with Gasteiger partial charge < -0.3 is 10.2 Å². The highest BCUT2D eigenvalue weighted by Crippen LogP contribution is 2.19. The van der Waals surface area contributed by atoms with Gasteiger partial charge in [-0.1, -0.05) is 0 Å². The number of hydrogen-bond acceptors (Lipinski definition) is 3. The summed E-state index contributed by atoms with van der Waals surface area (Å²) in [7, 11) is 0. The first kappa shape index (κ1) is 9.48. The fourth-order valence-electron chi connectivity index (χ4n) is 0.878. The lowest BCUT2D eigenvalue weighted by Gasteiger charge is -2.01. The summed E-state index contributed by atoms with van der Waals surface area (Å²) in [6.07, 6.45) is 1.78. The van der Waals surface area contributed by atoms with Crippen LogP contribution in [0, 0.1) is 0 Å². The number of Topliss-reactive ketones (excluding diaryl/α,β-unsaturated/α-hetero) is 1. The third-order valence-electron chi connectivity index (χ3n) is 1.38. The molecule has 0 saturated heterocycles. The van der Waals surface area contributed by atoms with Gasteiger partial charge in [0.2, 0.25) is 5.78 Å². The maximum atomic E-state index is 11.3. The predicted octanol–water partition coefficient (Wildman–Crippen LogP) is 1.96. The van der Waals surface area contributed by atoms with Crippen LogP contribution in [0.4, 0.5) is 0 Å². The lowest BCUT2D eigenvalue weighted by atomic mass is 10.1. The molecule has 0 bridgehead atoms. The van der Waals surface area contributed by atoms with Crippen molar-refractivity contribution in [2.45, 2.75) is 19.4 Å². The minimum atomic E-state index is -0.130. The van der Waals surface area contributed by atoms with Crippen LogP contribution in [0.5, 0.6) is 0 Å². The Hall–Kier alpha value is -0.610. The van der Waals surface area contributed by atoms with E-state index in [0.717, 1.165) is 0 Å². The molecule has 1 aromatic rings. The zero-order valence-electron chi connectivity index (χ0n) is 6.71. The van der Waals surface area contributed by atoms with Crippen molar-refractivity contribution in [3.05, 3.63) is 22.6 Å². The van der Waals surface area contributed by atoms with Gasteiger partial charge in [-0.3, -0.25) is 4.79 Å². The van der Waals surface area contributed by atoms with Crippen molar-refractivity contribution in [3.8, 4) is 0 Å². The van der Waals surface area contributed by atoms with Crippen LogP contribution in [0.25, 0.3) is 0 Å². The Morgan fingerprint density at radius 3 is 2.92 bits per heavy atom. The van der Waals surface area contributed by atoms with Crippen LogP contribution < -0.4 is 5.73 Å². The molecule has 0 aromatic carbocycles. The summed E-state index contributed by atoms with van der Waals surface area (Å²) in [5, 5.41) is 0. The van der Waals surface area contributed by atoms with E-state index < -0.39 is 0 Å². The molecule has 0 spiro atoms. The van der Waals surface area contributed by atoms with Crippen molar-refractivity contribution in [1.82, 2.24) is 0 Å². The zero-order valence-corrected chi connectivity index (χ0v) is 8.30. The average molecular weight is 232 g/mol. The molecule has 4 heteroatoms. The lowest BCUT2D eigenvalue weighted by molar-refractivity contribution is 0.0948. The molecule has 2 N–H and O–H groups in total. The van der Waals surface area contributed by atoms with E-state index in [4.69, 9.17) is 10.2 Å². The summed E-state index contributed by atoms with van der Waals surface area (Å²) in [6.45, 7) is 1.79. The summed E-state index contributed by atoms with van der Waals surface area (Å²) in [5.41, 5.74) is 5.47. The van der Waals surface area contributed by atoms with Gasteiger partial charge in [0.05, 0.1) is 10.7 Å². The molecule has 1 unspecified atom stereocenters. The first-order chi connectivity index (χ1) is 5.61. The molecule has 12 heavy (non-hydrogen) atoms. The Morgan fingerprint density at radius 2 is 2.50 bits per heavy atom. The van der Waals surface area contributed by atoms with Crippen LogP contribution in [0.2, 0.25) is 0 Å². The van der Waals surface area contributed by atoms with E-state index >= 15 is 0 Å². The molecule has 1 atom stereocenters. The van der Waals surface area contributed by atoms with E-state index in [0.29, 0.717) is 16.7 Å². The number of carbonyl (C=O) groups excluding carboxylic acids is 1. The van der Waals surface area contributed by atoms with Crippen LogP contribution in [0.15, 0.2) is 21.2 Å². The molecule has 3 nitrogen and oxygen atoms in total. The van der Waals surface area contributed by atoms with Crippen LogP contribution in [0.1, 0.15) is 23.9 Å². The van der Waals surface area contributed by atoms with E-state index in [1.54, 1.807) is 13.0 Å². The number of nitrogens with two attached hydrogens (primary N) is 1. The second-order valence-corrected chi connectivity index (χ2v) is 3.56. The van der Waals surface area contributed by atoms with Gasteiger partial charge in [0.1, 0.15) is 0 Å². The minimum Gasteiger partial charge on any atom is -0.460 e. The smallest absolute Gasteiger partial charge is 0.200 e. The monoisotopic (exact) mass is 231 g/mol. The predicted molar refractivity (Wildman–Crippen MR) is 49.0 cm³/mol. The largest absolute Gasteiger partial charge is 0.460 e. The topological polar surface area (TPSA) is 56.2 Å². The van der Waals surface area contributed by atoms with Gasteiger partial charge >= 0.3 is 0 Å². The van der Waals surface area contributed by atoms with Gasteiger partial charge in [0, 0.05) is 12.5 Å². The van der Waals surface area contributed by atoms with E-state index in [9.17, 15) is 4.79 Å². The number of halogens is 1. The Morgan fingerprint density at radius 1 is 1.83 bits per heavy atom. The first-order valence-electron chi connectivity index (χ1n) is 3.63. The van der Waals surface area contributed by atoms with Gasteiger partial charge in [-0.2, -0.15) is 0 Å². The van der Waals surface area contributed by atoms with Crippen molar-refractivity contribution < 1.29 is 9.21 Å². The number of ketones is 1. The summed E-state index contributed by atoms with van der Waals surface area (Å²) >= 11 is 3.20. The normalized spacial score (nSPS) is 12.9. The van der Waals surface area contributed by atoms with Gasteiger partial charge in [-0.05, 0) is 28.9 Å². The molecule has 0 radical (unpaired) electrons. The Bertz CT molecular complexity index is 280. The van der Waals surface area contributed by atoms with Gasteiger partial charge in [0.15, 0.2) is 5.76 Å². The molecular formula is C8H10BrNO2. The average Bonchev–Trinajstić information content (AvgIpc) is 2.33.